The Balaban J connectivity index is 1.88. The maximum atomic E-state index is 12.7. The summed E-state index contributed by atoms with van der Waals surface area (Å²) >= 11 is 3.33. The van der Waals surface area contributed by atoms with Gasteiger partial charge in [0.2, 0.25) is 0 Å². The van der Waals surface area contributed by atoms with Gasteiger partial charge in [-0.25, -0.2) is 9.48 Å². The maximum absolute atomic E-state index is 12.7. The van der Waals surface area contributed by atoms with Gasteiger partial charge < -0.3 is 14.7 Å². The molecule has 120 valence electrons. The van der Waals surface area contributed by atoms with E-state index in [2.05, 4.69) is 21.0 Å². The van der Waals surface area contributed by atoms with Crippen LogP contribution in [-0.2, 0) is 9.53 Å². The Kier molecular flexibility index (Phi) is 4.44. The minimum absolute atomic E-state index is 0.00681. The molecule has 0 saturated carbocycles. The van der Waals surface area contributed by atoms with Gasteiger partial charge in [-0.1, -0.05) is 6.07 Å². The van der Waals surface area contributed by atoms with Crippen molar-refractivity contribution >= 4 is 27.8 Å². The Bertz CT molecular complexity index is 746. The van der Waals surface area contributed by atoms with Gasteiger partial charge in [0.25, 0.3) is 5.91 Å². The molecule has 2 heterocycles. The summed E-state index contributed by atoms with van der Waals surface area (Å²) in [5.41, 5.74) is 1.14. The highest BCUT2D eigenvalue weighted by Gasteiger charge is 2.33. The Morgan fingerprint density at radius 3 is 2.91 bits per heavy atom. The van der Waals surface area contributed by atoms with Crippen molar-refractivity contribution in [3.63, 3.8) is 0 Å². The quantitative estimate of drug-likeness (QED) is 0.874. The number of rotatable bonds is 3. The second-order valence-electron chi connectivity index (χ2n) is 5.08. The third-order valence-electron chi connectivity index (χ3n) is 3.58. The molecule has 3 rings (SSSR count). The zero-order chi connectivity index (χ0) is 16.4. The first kappa shape index (κ1) is 15.7. The molecule has 1 N–H and O–H groups in total. The molecule has 1 fully saturated rings. The molecule has 23 heavy (non-hydrogen) atoms. The molecule has 0 spiro atoms. The first-order valence-electron chi connectivity index (χ1n) is 6.98. The van der Waals surface area contributed by atoms with Gasteiger partial charge in [0.05, 0.1) is 29.6 Å². The van der Waals surface area contributed by atoms with E-state index in [-0.39, 0.29) is 19.1 Å². The molecular weight excluding hydrogens is 366 g/mol. The lowest BCUT2D eigenvalue weighted by Gasteiger charge is -2.32. The fraction of sp³-hybridized carbons (Fsp3) is 0.267. The third-order valence-corrected chi connectivity index (χ3v) is 3.99. The van der Waals surface area contributed by atoms with Crippen molar-refractivity contribution in [3.8, 4) is 5.69 Å². The molecule has 0 unspecified atom stereocenters. The highest BCUT2D eigenvalue weighted by atomic mass is 79.9. The molecule has 1 aromatic carbocycles. The van der Waals surface area contributed by atoms with Crippen molar-refractivity contribution in [2.24, 2.45) is 0 Å². The highest BCUT2D eigenvalue weighted by molar-refractivity contribution is 9.10. The number of halogens is 1. The Morgan fingerprint density at radius 1 is 1.39 bits per heavy atom. The van der Waals surface area contributed by atoms with Crippen molar-refractivity contribution in [1.82, 2.24) is 14.7 Å². The van der Waals surface area contributed by atoms with Crippen LogP contribution >= 0.6 is 15.9 Å². The number of aromatic nitrogens is 2. The minimum atomic E-state index is -1.06. The molecule has 8 heteroatoms. The fourth-order valence-electron chi connectivity index (χ4n) is 2.44. The normalized spacial score (nSPS) is 18.0. The lowest BCUT2D eigenvalue weighted by molar-refractivity contribution is -0.147. The molecule has 1 aromatic heterocycles. The first-order valence-corrected chi connectivity index (χ1v) is 7.77. The van der Waals surface area contributed by atoms with E-state index >= 15 is 0 Å². The summed E-state index contributed by atoms with van der Waals surface area (Å²) in [7, 11) is 0. The van der Waals surface area contributed by atoms with Crippen LogP contribution in [0.2, 0.25) is 0 Å². The fourth-order valence-corrected chi connectivity index (χ4v) is 2.73. The van der Waals surface area contributed by atoms with Crippen molar-refractivity contribution < 1.29 is 19.4 Å². The van der Waals surface area contributed by atoms with Gasteiger partial charge in [0.15, 0.2) is 6.04 Å². The van der Waals surface area contributed by atoms with Crippen LogP contribution in [0.1, 0.15) is 10.4 Å². The van der Waals surface area contributed by atoms with Crippen LogP contribution in [0, 0.1) is 0 Å². The van der Waals surface area contributed by atoms with Crippen molar-refractivity contribution in [3.05, 3.63) is 46.7 Å². The molecule has 1 aliphatic rings. The van der Waals surface area contributed by atoms with Gasteiger partial charge in [-0.15, -0.1) is 0 Å². The summed E-state index contributed by atoms with van der Waals surface area (Å²) in [6.45, 7) is 0.599. The van der Waals surface area contributed by atoms with E-state index in [9.17, 15) is 14.7 Å². The van der Waals surface area contributed by atoms with Crippen LogP contribution in [0.15, 0.2) is 41.1 Å². The molecule has 2 aromatic rings. The Hall–Kier alpha value is -2.19. The second kappa shape index (κ2) is 6.51. The van der Waals surface area contributed by atoms with Gasteiger partial charge in [-0.2, -0.15) is 5.10 Å². The summed E-state index contributed by atoms with van der Waals surface area (Å²) in [5.74, 6) is -1.39. The maximum Gasteiger partial charge on any atom is 0.328 e. The van der Waals surface area contributed by atoms with E-state index < -0.39 is 12.0 Å². The van der Waals surface area contributed by atoms with E-state index in [4.69, 9.17) is 4.74 Å². The van der Waals surface area contributed by atoms with E-state index in [1.54, 1.807) is 35.3 Å². The largest absolute Gasteiger partial charge is 0.480 e. The van der Waals surface area contributed by atoms with Crippen molar-refractivity contribution in [2.45, 2.75) is 6.04 Å². The predicted molar refractivity (Wildman–Crippen MR) is 84.5 cm³/mol. The van der Waals surface area contributed by atoms with Crippen LogP contribution in [0.5, 0.6) is 0 Å². The zero-order valence-corrected chi connectivity index (χ0v) is 13.6. The average molecular weight is 380 g/mol. The number of aliphatic carboxylic acids is 1. The van der Waals surface area contributed by atoms with Gasteiger partial charge in [0, 0.05) is 18.3 Å². The van der Waals surface area contributed by atoms with Gasteiger partial charge in [-0.05, 0) is 34.1 Å². The molecule has 0 aliphatic carbocycles. The number of amides is 1. The SMILES string of the molecule is O=C(O)[C@@H]1COCCN1C(=O)c1cccc(-n2cc(Br)cn2)c1. The number of carboxylic acids is 1. The summed E-state index contributed by atoms with van der Waals surface area (Å²) in [5, 5.41) is 13.4. The zero-order valence-electron chi connectivity index (χ0n) is 12.1. The van der Waals surface area contributed by atoms with E-state index in [1.165, 1.54) is 4.90 Å². The number of benzene rings is 1. The number of ether oxygens (including phenoxy) is 1. The van der Waals surface area contributed by atoms with Crippen LogP contribution in [-0.4, -0.2) is 57.5 Å². The van der Waals surface area contributed by atoms with Crippen molar-refractivity contribution in [2.75, 3.05) is 19.8 Å². The summed E-state index contributed by atoms with van der Waals surface area (Å²) in [4.78, 5) is 25.3. The summed E-state index contributed by atoms with van der Waals surface area (Å²) in [6, 6.07) is 5.96. The highest BCUT2D eigenvalue weighted by Crippen LogP contribution is 2.17. The van der Waals surface area contributed by atoms with E-state index in [1.807, 2.05) is 6.07 Å². The third kappa shape index (κ3) is 3.27. The lowest BCUT2D eigenvalue weighted by atomic mass is 10.1. The van der Waals surface area contributed by atoms with Crippen molar-refractivity contribution in [1.29, 1.82) is 0 Å². The topological polar surface area (TPSA) is 84.7 Å². The molecule has 0 radical (unpaired) electrons. The molecule has 0 bridgehead atoms. The molecule has 1 saturated heterocycles. The van der Waals surface area contributed by atoms with Gasteiger partial charge in [-0.3, -0.25) is 4.79 Å². The number of hydrogen-bond acceptors (Lipinski definition) is 4. The molecule has 7 nitrogen and oxygen atoms in total. The standard InChI is InChI=1S/C15H14BrN3O4/c16-11-7-17-19(8-11)12-3-1-2-10(6-12)14(20)18-4-5-23-9-13(18)15(21)22/h1-3,6-8,13H,4-5,9H2,(H,21,22)/t13-/m0/s1. The average Bonchev–Trinajstić information content (AvgIpc) is 3.01. The number of carboxylic acid groups (broad SMARTS) is 1. The number of nitrogens with zero attached hydrogens (tertiary/aromatic N) is 3. The predicted octanol–water partition coefficient (Wildman–Crippen LogP) is 1.56. The summed E-state index contributed by atoms with van der Waals surface area (Å²) in [6.07, 6.45) is 3.43. The first-order chi connectivity index (χ1) is 11.1. The van der Waals surface area contributed by atoms with Gasteiger partial charge in [0.1, 0.15) is 0 Å². The molecule has 1 atom stereocenters. The number of hydrogen-bond donors (Lipinski definition) is 1. The van der Waals surface area contributed by atoms with Crippen LogP contribution in [0.25, 0.3) is 5.69 Å². The molecular formula is C15H14BrN3O4. The molecule has 1 aliphatic heterocycles. The van der Waals surface area contributed by atoms with E-state index in [0.29, 0.717) is 12.2 Å². The van der Waals surface area contributed by atoms with Gasteiger partial charge >= 0.3 is 5.97 Å². The Morgan fingerprint density at radius 2 is 2.22 bits per heavy atom. The summed E-state index contributed by atoms with van der Waals surface area (Å²) < 4.78 is 7.62. The number of morpholine rings is 1. The smallest absolute Gasteiger partial charge is 0.328 e. The van der Waals surface area contributed by atoms with Crippen LogP contribution < -0.4 is 0 Å². The van der Waals surface area contributed by atoms with E-state index in [0.717, 1.165) is 10.2 Å². The van der Waals surface area contributed by atoms with Crippen LogP contribution in [0.3, 0.4) is 0 Å². The van der Waals surface area contributed by atoms with Crippen LogP contribution in [0.4, 0.5) is 0 Å². The minimum Gasteiger partial charge on any atom is -0.480 e. The lowest BCUT2D eigenvalue weighted by Crippen LogP contribution is -2.52. The second-order valence-corrected chi connectivity index (χ2v) is 6.00. The molecule has 1 amide bonds. The number of carbonyl (C=O) groups excluding carboxylic acids is 1. The monoisotopic (exact) mass is 379 g/mol. The number of carbonyl (C=O) groups is 2. The Labute approximate surface area is 140 Å².